The second-order valence-corrected chi connectivity index (χ2v) is 6.01. The number of thiocarbonyl (C=S) groups is 1. The molecule has 1 aromatic rings. The maximum atomic E-state index is 5.89. The molecule has 1 aromatic carbocycles. The molecule has 0 saturated carbocycles. The van der Waals surface area contributed by atoms with Gasteiger partial charge in [-0.25, -0.2) is 0 Å². The van der Waals surface area contributed by atoms with E-state index in [1.165, 1.54) is 16.7 Å². The average Bonchev–Trinajstić information content (AvgIpc) is 2.21. The lowest BCUT2D eigenvalue weighted by Gasteiger charge is -2.23. The van der Waals surface area contributed by atoms with Crippen molar-refractivity contribution in [2.75, 3.05) is 6.61 Å². The Labute approximate surface area is 116 Å². The maximum absolute atomic E-state index is 5.89. The van der Waals surface area contributed by atoms with Crippen molar-refractivity contribution in [3.05, 3.63) is 28.8 Å². The van der Waals surface area contributed by atoms with E-state index in [-0.39, 0.29) is 5.41 Å². The first-order valence-corrected chi connectivity index (χ1v) is 6.65. The molecule has 100 valence electrons. The van der Waals surface area contributed by atoms with Crippen molar-refractivity contribution in [3.8, 4) is 5.75 Å². The smallest absolute Gasteiger partial charge is 0.125 e. The zero-order chi connectivity index (χ0) is 13.9. The minimum atomic E-state index is -0.151. The summed E-state index contributed by atoms with van der Waals surface area (Å²) in [6.07, 6.45) is 0.828. The molecule has 0 aliphatic carbocycles. The molecule has 0 amide bonds. The van der Waals surface area contributed by atoms with Crippen LogP contribution in [0.3, 0.4) is 0 Å². The van der Waals surface area contributed by atoms with E-state index in [1.54, 1.807) is 0 Å². The Morgan fingerprint density at radius 2 is 1.72 bits per heavy atom. The Morgan fingerprint density at radius 3 is 2.17 bits per heavy atom. The van der Waals surface area contributed by atoms with E-state index in [2.05, 4.69) is 32.9 Å². The van der Waals surface area contributed by atoms with Gasteiger partial charge in [-0.15, -0.1) is 0 Å². The van der Waals surface area contributed by atoms with Crippen molar-refractivity contribution in [1.82, 2.24) is 0 Å². The Balaban J connectivity index is 2.68. The van der Waals surface area contributed by atoms with E-state index in [4.69, 9.17) is 22.7 Å². The molecule has 0 fully saturated rings. The van der Waals surface area contributed by atoms with Gasteiger partial charge in [-0.2, -0.15) is 0 Å². The summed E-state index contributed by atoms with van der Waals surface area (Å²) in [5.74, 6) is 0.985. The topological polar surface area (TPSA) is 35.2 Å². The largest absolute Gasteiger partial charge is 0.493 e. The molecule has 0 heterocycles. The van der Waals surface area contributed by atoms with Crippen LogP contribution in [0.15, 0.2) is 12.1 Å². The standard InChI is InChI=1S/C15H23NOS/c1-10-8-11(2)13(12(3)9-10)17-7-6-15(4,5)14(16)18/h8-9H,6-7H2,1-5H3,(H2,16,18). The predicted molar refractivity (Wildman–Crippen MR) is 81.3 cm³/mol. The molecule has 0 aliphatic heterocycles. The minimum Gasteiger partial charge on any atom is -0.493 e. The van der Waals surface area contributed by atoms with Crippen LogP contribution in [0, 0.1) is 26.2 Å². The fraction of sp³-hybridized carbons (Fsp3) is 0.533. The van der Waals surface area contributed by atoms with Crippen molar-refractivity contribution >= 4 is 17.2 Å². The highest BCUT2D eigenvalue weighted by Crippen LogP contribution is 2.26. The second-order valence-electron chi connectivity index (χ2n) is 5.57. The predicted octanol–water partition coefficient (Wildman–Crippen LogP) is 3.69. The number of aryl methyl sites for hydroxylation is 3. The zero-order valence-electron chi connectivity index (χ0n) is 12.0. The van der Waals surface area contributed by atoms with Crippen LogP contribution in [-0.4, -0.2) is 11.6 Å². The Bertz CT molecular complexity index is 429. The third-order valence-corrected chi connectivity index (χ3v) is 3.80. The molecule has 18 heavy (non-hydrogen) atoms. The second kappa shape index (κ2) is 5.70. The number of hydrogen-bond acceptors (Lipinski definition) is 2. The third-order valence-electron chi connectivity index (χ3n) is 3.25. The van der Waals surface area contributed by atoms with Gasteiger partial charge in [0.25, 0.3) is 0 Å². The van der Waals surface area contributed by atoms with Gasteiger partial charge >= 0.3 is 0 Å². The summed E-state index contributed by atoms with van der Waals surface area (Å²) in [4.78, 5) is 0.545. The summed E-state index contributed by atoms with van der Waals surface area (Å²) in [5, 5.41) is 0. The summed E-state index contributed by atoms with van der Waals surface area (Å²) >= 11 is 5.05. The monoisotopic (exact) mass is 265 g/mol. The minimum absolute atomic E-state index is 0.151. The zero-order valence-corrected chi connectivity index (χ0v) is 12.8. The van der Waals surface area contributed by atoms with E-state index >= 15 is 0 Å². The van der Waals surface area contributed by atoms with Crippen molar-refractivity contribution < 1.29 is 4.74 Å². The number of hydrogen-bond donors (Lipinski definition) is 1. The molecule has 0 saturated heterocycles. The fourth-order valence-electron chi connectivity index (χ4n) is 1.93. The van der Waals surface area contributed by atoms with Gasteiger partial charge in [0, 0.05) is 5.41 Å². The molecule has 0 aliphatic rings. The summed E-state index contributed by atoms with van der Waals surface area (Å²) < 4.78 is 5.89. The van der Waals surface area contributed by atoms with Crippen LogP contribution in [0.1, 0.15) is 37.0 Å². The SMILES string of the molecule is Cc1cc(C)c(OCCC(C)(C)C(N)=S)c(C)c1. The Kier molecular flexibility index (Phi) is 4.74. The lowest BCUT2D eigenvalue weighted by Crippen LogP contribution is -2.31. The molecule has 0 radical (unpaired) electrons. The first-order chi connectivity index (χ1) is 8.24. The van der Waals surface area contributed by atoms with E-state index in [1.807, 2.05) is 13.8 Å². The van der Waals surface area contributed by atoms with Gasteiger partial charge in [-0.1, -0.05) is 43.8 Å². The summed E-state index contributed by atoms with van der Waals surface area (Å²) in [5.41, 5.74) is 9.18. The number of benzene rings is 1. The molecule has 2 nitrogen and oxygen atoms in total. The molecular formula is C15H23NOS. The van der Waals surface area contributed by atoms with Crippen molar-refractivity contribution in [2.45, 2.75) is 41.0 Å². The van der Waals surface area contributed by atoms with Gasteiger partial charge < -0.3 is 10.5 Å². The number of rotatable bonds is 5. The van der Waals surface area contributed by atoms with Crippen molar-refractivity contribution in [2.24, 2.45) is 11.1 Å². The van der Waals surface area contributed by atoms with E-state index in [0.717, 1.165) is 12.2 Å². The van der Waals surface area contributed by atoms with Crippen LogP contribution in [0.5, 0.6) is 5.75 Å². The van der Waals surface area contributed by atoms with Crippen LogP contribution in [0.4, 0.5) is 0 Å². The van der Waals surface area contributed by atoms with Crippen LogP contribution >= 0.6 is 12.2 Å². The number of nitrogens with two attached hydrogens (primary N) is 1. The summed E-state index contributed by atoms with van der Waals surface area (Å²) in [7, 11) is 0. The molecule has 1 rings (SSSR count). The van der Waals surface area contributed by atoms with Gasteiger partial charge in [0.2, 0.25) is 0 Å². The molecule has 0 unspecified atom stereocenters. The molecule has 0 aromatic heterocycles. The van der Waals surface area contributed by atoms with Gasteiger partial charge in [0.05, 0.1) is 11.6 Å². The summed E-state index contributed by atoms with van der Waals surface area (Å²) in [6.45, 7) is 11.0. The van der Waals surface area contributed by atoms with Gasteiger partial charge in [-0.05, 0) is 38.3 Å². The highest BCUT2D eigenvalue weighted by atomic mass is 32.1. The van der Waals surface area contributed by atoms with Gasteiger partial charge in [-0.3, -0.25) is 0 Å². The first kappa shape index (κ1) is 15.0. The van der Waals surface area contributed by atoms with Gasteiger partial charge in [0.15, 0.2) is 0 Å². The average molecular weight is 265 g/mol. The van der Waals surface area contributed by atoms with Gasteiger partial charge in [0.1, 0.15) is 5.75 Å². The molecular weight excluding hydrogens is 242 g/mol. The Hall–Kier alpha value is -1.09. The molecule has 0 atom stereocenters. The van der Waals surface area contributed by atoms with E-state index in [9.17, 15) is 0 Å². The lowest BCUT2D eigenvalue weighted by molar-refractivity contribution is 0.267. The van der Waals surface area contributed by atoms with Crippen molar-refractivity contribution in [3.63, 3.8) is 0 Å². The molecule has 2 N–H and O–H groups in total. The Morgan fingerprint density at radius 1 is 1.22 bits per heavy atom. The van der Waals surface area contributed by atoms with Crippen LogP contribution in [-0.2, 0) is 0 Å². The van der Waals surface area contributed by atoms with Crippen LogP contribution < -0.4 is 10.5 Å². The maximum Gasteiger partial charge on any atom is 0.125 e. The fourth-order valence-corrected chi connectivity index (χ4v) is 2.03. The highest BCUT2D eigenvalue weighted by molar-refractivity contribution is 7.80. The lowest BCUT2D eigenvalue weighted by atomic mass is 9.90. The quantitative estimate of drug-likeness (QED) is 0.825. The van der Waals surface area contributed by atoms with E-state index < -0.39 is 0 Å². The molecule has 0 spiro atoms. The molecule has 3 heteroatoms. The van der Waals surface area contributed by atoms with Crippen LogP contribution in [0.2, 0.25) is 0 Å². The third kappa shape index (κ3) is 3.70. The first-order valence-electron chi connectivity index (χ1n) is 6.24. The van der Waals surface area contributed by atoms with Crippen molar-refractivity contribution in [1.29, 1.82) is 0 Å². The number of ether oxygens (including phenoxy) is 1. The summed E-state index contributed by atoms with van der Waals surface area (Å²) in [6, 6.07) is 4.28. The molecule has 0 bridgehead atoms. The van der Waals surface area contributed by atoms with E-state index in [0.29, 0.717) is 11.6 Å². The van der Waals surface area contributed by atoms with Crippen LogP contribution in [0.25, 0.3) is 0 Å². The highest BCUT2D eigenvalue weighted by Gasteiger charge is 2.21. The normalized spacial score (nSPS) is 11.4.